The Hall–Kier alpha value is -1.66. The number of amides is 1. The van der Waals surface area contributed by atoms with Crippen LogP contribution < -0.4 is 5.32 Å². The van der Waals surface area contributed by atoms with Crippen molar-refractivity contribution in [2.75, 3.05) is 13.2 Å². The zero-order chi connectivity index (χ0) is 58.5. The Bertz CT molecular complexity index is 1270. The molecule has 2 atom stereocenters. The average Bonchev–Trinajstić information content (AvgIpc) is 3.47. The number of ether oxygens (including phenoxy) is 1. The zero-order valence-corrected chi connectivity index (χ0v) is 55.0. The van der Waals surface area contributed by atoms with Crippen molar-refractivity contribution in [3.8, 4) is 0 Å². The van der Waals surface area contributed by atoms with E-state index in [9.17, 15) is 19.8 Å². The number of nitrogens with one attached hydrogen (secondary N) is 1. The normalized spacial score (nSPS) is 12.6. The van der Waals surface area contributed by atoms with Gasteiger partial charge in [-0.2, -0.15) is 0 Å². The van der Waals surface area contributed by atoms with Crippen molar-refractivity contribution < 1.29 is 24.5 Å². The van der Waals surface area contributed by atoms with Crippen molar-refractivity contribution >= 4 is 11.9 Å². The third-order valence-corrected chi connectivity index (χ3v) is 17.5. The molecule has 0 fully saturated rings. The average molecular weight is 1140 g/mol. The maximum absolute atomic E-state index is 12.4. The van der Waals surface area contributed by atoms with Gasteiger partial charge in [-0.15, -0.1) is 0 Å². The van der Waals surface area contributed by atoms with E-state index in [0.717, 1.165) is 38.5 Å². The SMILES string of the molecule is CCCCCCCCC/C=C\CCCCCCCCCC(=O)OCCCCCCCCCCCCCCCCCC/C=C\CCCCCCCCCCCCCCCCCCCC(=O)NC(CO)C(O)CCCCCCCCCCC. The lowest BCUT2D eigenvalue weighted by molar-refractivity contribution is -0.143. The van der Waals surface area contributed by atoms with Crippen molar-refractivity contribution in [2.24, 2.45) is 0 Å². The summed E-state index contributed by atoms with van der Waals surface area (Å²) in [4.78, 5) is 24.5. The van der Waals surface area contributed by atoms with Crippen LogP contribution in [0.1, 0.15) is 418 Å². The molecule has 0 aromatic carbocycles. The van der Waals surface area contributed by atoms with E-state index in [0.29, 0.717) is 25.9 Å². The molecule has 0 spiro atoms. The predicted octanol–water partition coefficient (Wildman–Crippen LogP) is 24.1. The summed E-state index contributed by atoms with van der Waals surface area (Å²) in [6.07, 6.45) is 89.9. The summed E-state index contributed by atoms with van der Waals surface area (Å²) in [5, 5.41) is 23.2. The lowest BCUT2D eigenvalue weighted by Crippen LogP contribution is -2.45. The highest BCUT2D eigenvalue weighted by Gasteiger charge is 2.20. The van der Waals surface area contributed by atoms with E-state index in [4.69, 9.17) is 4.74 Å². The summed E-state index contributed by atoms with van der Waals surface area (Å²) in [5.41, 5.74) is 0. The molecule has 0 aromatic rings. The molecule has 0 radical (unpaired) electrons. The Morgan fingerprint density at radius 2 is 0.580 bits per heavy atom. The number of carbonyl (C=O) groups is 2. The molecular formula is C75H145NO5. The van der Waals surface area contributed by atoms with Gasteiger partial charge in [0.05, 0.1) is 25.4 Å². The van der Waals surface area contributed by atoms with Crippen LogP contribution >= 0.6 is 0 Å². The molecule has 0 aromatic heterocycles. The maximum Gasteiger partial charge on any atom is 0.305 e. The summed E-state index contributed by atoms with van der Waals surface area (Å²) in [6, 6.07) is -0.536. The van der Waals surface area contributed by atoms with Crippen molar-refractivity contribution in [1.82, 2.24) is 5.32 Å². The van der Waals surface area contributed by atoms with E-state index in [2.05, 4.69) is 43.5 Å². The van der Waals surface area contributed by atoms with Crippen LogP contribution in [0.3, 0.4) is 0 Å². The largest absolute Gasteiger partial charge is 0.466 e. The predicted molar refractivity (Wildman–Crippen MR) is 356 cm³/mol. The van der Waals surface area contributed by atoms with Gasteiger partial charge in [0.1, 0.15) is 0 Å². The maximum atomic E-state index is 12.4. The second kappa shape index (κ2) is 70.8. The summed E-state index contributed by atoms with van der Waals surface area (Å²) >= 11 is 0. The molecule has 0 aliphatic rings. The van der Waals surface area contributed by atoms with Gasteiger partial charge < -0.3 is 20.3 Å². The Labute approximate surface area is 507 Å². The van der Waals surface area contributed by atoms with E-state index in [1.165, 1.54) is 347 Å². The monoisotopic (exact) mass is 1140 g/mol. The van der Waals surface area contributed by atoms with Gasteiger partial charge >= 0.3 is 5.97 Å². The van der Waals surface area contributed by atoms with E-state index in [1.54, 1.807) is 0 Å². The van der Waals surface area contributed by atoms with Crippen molar-refractivity contribution in [3.63, 3.8) is 0 Å². The van der Waals surface area contributed by atoms with Crippen LogP contribution in [-0.2, 0) is 14.3 Å². The highest BCUT2D eigenvalue weighted by Crippen LogP contribution is 2.19. The Morgan fingerprint density at radius 3 is 0.877 bits per heavy atom. The minimum Gasteiger partial charge on any atom is -0.466 e. The molecule has 0 aliphatic carbocycles. The number of rotatable bonds is 70. The van der Waals surface area contributed by atoms with Gasteiger partial charge in [0, 0.05) is 12.8 Å². The molecule has 480 valence electrons. The fourth-order valence-electron chi connectivity index (χ4n) is 11.8. The molecule has 0 saturated heterocycles. The van der Waals surface area contributed by atoms with Crippen LogP contribution in [0, 0.1) is 0 Å². The van der Waals surface area contributed by atoms with Crippen molar-refractivity contribution in [2.45, 2.75) is 431 Å². The Balaban J connectivity index is 3.29. The molecule has 2 unspecified atom stereocenters. The van der Waals surface area contributed by atoms with E-state index in [-0.39, 0.29) is 18.5 Å². The first-order chi connectivity index (χ1) is 40.0. The van der Waals surface area contributed by atoms with Crippen LogP contribution in [0.15, 0.2) is 24.3 Å². The molecule has 0 rings (SSSR count). The van der Waals surface area contributed by atoms with Gasteiger partial charge in [-0.1, -0.05) is 353 Å². The molecule has 1 amide bonds. The number of aliphatic hydroxyl groups is 2. The summed E-state index contributed by atoms with van der Waals surface area (Å²) < 4.78 is 5.51. The number of hydrogen-bond acceptors (Lipinski definition) is 5. The number of allylic oxidation sites excluding steroid dienone is 4. The number of unbranched alkanes of at least 4 members (excludes halogenated alkanes) is 55. The molecule has 0 heterocycles. The van der Waals surface area contributed by atoms with Crippen LogP contribution in [0.2, 0.25) is 0 Å². The molecular weight excluding hydrogens is 995 g/mol. The molecule has 81 heavy (non-hydrogen) atoms. The highest BCUT2D eigenvalue weighted by molar-refractivity contribution is 5.76. The second-order valence-electron chi connectivity index (χ2n) is 25.6. The third kappa shape index (κ3) is 67.3. The number of aliphatic hydroxyl groups excluding tert-OH is 2. The van der Waals surface area contributed by atoms with Crippen LogP contribution in [0.5, 0.6) is 0 Å². The fourth-order valence-corrected chi connectivity index (χ4v) is 11.8. The van der Waals surface area contributed by atoms with Gasteiger partial charge in [0.25, 0.3) is 0 Å². The fraction of sp³-hybridized carbons (Fsp3) is 0.920. The Kier molecular flexibility index (Phi) is 69.4. The lowest BCUT2D eigenvalue weighted by atomic mass is 10.0. The van der Waals surface area contributed by atoms with Crippen LogP contribution in [0.4, 0.5) is 0 Å². The highest BCUT2D eigenvalue weighted by atomic mass is 16.5. The van der Waals surface area contributed by atoms with Crippen molar-refractivity contribution in [3.05, 3.63) is 24.3 Å². The molecule has 6 heteroatoms. The second-order valence-corrected chi connectivity index (χ2v) is 25.6. The van der Waals surface area contributed by atoms with E-state index >= 15 is 0 Å². The summed E-state index contributed by atoms with van der Waals surface area (Å²) in [5.74, 6) is -0.0123. The lowest BCUT2D eigenvalue weighted by Gasteiger charge is -2.22. The molecule has 6 nitrogen and oxygen atoms in total. The van der Waals surface area contributed by atoms with Gasteiger partial charge in [0.15, 0.2) is 0 Å². The topological polar surface area (TPSA) is 95.9 Å². The summed E-state index contributed by atoms with van der Waals surface area (Å²) in [7, 11) is 0. The number of carbonyl (C=O) groups excluding carboxylic acids is 2. The van der Waals surface area contributed by atoms with Crippen LogP contribution in [-0.4, -0.2) is 47.4 Å². The molecule has 0 saturated carbocycles. The van der Waals surface area contributed by atoms with Crippen molar-refractivity contribution in [1.29, 1.82) is 0 Å². The Morgan fingerprint density at radius 1 is 0.333 bits per heavy atom. The third-order valence-electron chi connectivity index (χ3n) is 17.5. The molecule has 3 N–H and O–H groups in total. The van der Waals surface area contributed by atoms with Gasteiger partial charge in [-0.05, 0) is 77.0 Å². The van der Waals surface area contributed by atoms with E-state index < -0.39 is 12.1 Å². The summed E-state index contributed by atoms with van der Waals surface area (Å²) in [6.45, 7) is 4.96. The van der Waals surface area contributed by atoms with Gasteiger partial charge in [-0.3, -0.25) is 9.59 Å². The number of hydrogen-bond donors (Lipinski definition) is 3. The van der Waals surface area contributed by atoms with Gasteiger partial charge in [-0.25, -0.2) is 0 Å². The van der Waals surface area contributed by atoms with E-state index in [1.807, 2.05) is 0 Å². The standard InChI is InChI=1S/C75H145NO5/c1-3-5-7-9-11-13-14-15-16-17-40-43-46-49-53-57-61-65-69-75(80)81-70-66-62-58-54-50-47-44-41-38-36-34-32-30-28-26-24-22-20-18-19-21-23-25-27-29-31-33-35-37-39-42-45-48-52-56-60-64-68-74(79)76-72(71-77)73(78)67-63-59-55-51-12-10-8-6-4-2/h16-18,20,72-73,77-78H,3-15,19,21-71H2,1-2H3,(H,76,79)/b17-16-,20-18-. The van der Waals surface area contributed by atoms with Crippen LogP contribution in [0.25, 0.3) is 0 Å². The molecule has 0 bridgehead atoms. The van der Waals surface area contributed by atoms with Gasteiger partial charge in [0.2, 0.25) is 5.91 Å². The smallest absolute Gasteiger partial charge is 0.305 e. The zero-order valence-electron chi connectivity index (χ0n) is 55.0. The minimum atomic E-state index is -0.659. The first-order valence-electron chi connectivity index (χ1n) is 37.1. The first-order valence-corrected chi connectivity index (χ1v) is 37.1. The molecule has 0 aliphatic heterocycles. The minimum absolute atomic E-state index is 0.0192. The number of esters is 1. The quantitative estimate of drug-likeness (QED) is 0.0320. The first kappa shape index (κ1) is 79.3.